The molecule has 0 aliphatic rings. The van der Waals surface area contributed by atoms with Gasteiger partial charge in [0, 0.05) is 31.7 Å². The molecule has 0 radical (unpaired) electrons. The fourth-order valence-electron chi connectivity index (χ4n) is 1.51. The van der Waals surface area contributed by atoms with Crippen LogP contribution < -0.4 is 0 Å². The molecule has 2 aromatic heterocycles. The summed E-state index contributed by atoms with van der Waals surface area (Å²) in [5, 5.41) is 1.03. The van der Waals surface area contributed by atoms with Crippen molar-refractivity contribution in [2.75, 3.05) is 5.75 Å². The van der Waals surface area contributed by atoms with E-state index in [0.29, 0.717) is 5.88 Å². The number of nitrogens with zero attached hydrogens (tertiary/aromatic N) is 4. The first-order chi connectivity index (χ1) is 8.31. The lowest BCUT2D eigenvalue weighted by molar-refractivity contribution is 0.681. The monoisotopic (exact) mass is 270 g/mol. The lowest BCUT2D eigenvalue weighted by Gasteiger charge is -2.04. The summed E-state index contributed by atoms with van der Waals surface area (Å²) in [6, 6.07) is 0. The molecule has 6 heteroatoms. The van der Waals surface area contributed by atoms with Gasteiger partial charge in [-0.05, 0) is 6.42 Å². The molecular weight excluding hydrogens is 256 g/mol. The zero-order chi connectivity index (χ0) is 12.1. The first-order valence-corrected chi connectivity index (χ1v) is 6.98. The van der Waals surface area contributed by atoms with Crippen molar-refractivity contribution in [3.63, 3.8) is 0 Å². The smallest absolute Gasteiger partial charge is 0.167 e. The van der Waals surface area contributed by atoms with E-state index >= 15 is 0 Å². The van der Waals surface area contributed by atoms with Crippen LogP contribution in [-0.2, 0) is 19.5 Å². The maximum atomic E-state index is 5.79. The van der Waals surface area contributed by atoms with Crippen LogP contribution in [0, 0.1) is 0 Å². The highest BCUT2D eigenvalue weighted by Gasteiger charge is 2.05. The molecule has 0 saturated carbocycles. The highest BCUT2D eigenvalue weighted by atomic mass is 35.5. The number of imidazole rings is 2. The number of aromatic nitrogens is 4. The quantitative estimate of drug-likeness (QED) is 0.460. The van der Waals surface area contributed by atoms with Gasteiger partial charge >= 0.3 is 0 Å². The Morgan fingerprint density at radius 3 is 3.00 bits per heavy atom. The third-order valence-corrected chi connectivity index (χ3v) is 3.93. The van der Waals surface area contributed by atoms with Crippen molar-refractivity contribution in [3.05, 3.63) is 30.6 Å². The number of thioether (sulfide) groups is 1. The van der Waals surface area contributed by atoms with E-state index in [1.54, 1.807) is 18.0 Å². The maximum Gasteiger partial charge on any atom is 0.167 e. The molecule has 17 heavy (non-hydrogen) atoms. The van der Waals surface area contributed by atoms with E-state index in [-0.39, 0.29) is 0 Å². The molecule has 4 nitrogen and oxygen atoms in total. The Labute approximate surface area is 110 Å². The fourth-order valence-corrected chi connectivity index (χ4v) is 2.66. The summed E-state index contributed by atoms with van der Waals surface area (Å²) in [5.41, 5.74) is 1.06. The summed E-state index contributed by atoms with van der Waals surface area (Å²) in [6.45, 7) is 1.000. The van der Waals surface area contributed by atoms with E-state index in [9.17, 15) is 0 Å². The Hall–Kier alpha value is -0.940. The van der Waals surface area contributed by atoms with Gasteiger partial charge in [0.05, 0.1) is 24.1 Å². The summed E-state index contributed by atoms with van der Waals surface area (Å²) in [4.78, 5) is 8.36. The van der Waals surface area contributed by atoms with Crippen LogP contribution in [0.15, 0.2) is 30.1 Å². The average Bonchev–Trinajstić information content (AvgIpc) is 2.95. The molecule has 2 rings (SSSR count). The molecule has 0 aliphatic carbocycles. The Bertz CT molecular complexity index is 452. The minimum absolute atomic E-state index is 0.513. The van der Waals surface area contributed by atoms with Gasteiger partial charge in [-0.15, -0.1) is 11.6 Å². The van der Waals surface area contributed by atoms with E-state index in [4.69, 9.17) is 11.6 Å². The minimum atomic E-state index is 0.513. The summed E-state index contributed by atoms with van der Waals surface area (Å²) in [7, 11) is 2.00. The molecule has 0 spiro atoms. The largest absolute Gasteiger partial charge is 0.337 e. The Morgan fingerprint density at radius 2 is 2.35 bits per heavy atom. The van der Waals surface area contributed by atoms with Crippen LogP contribution >= 0.6 is 23.4 Å². The second-order valence-corrected chi connectivity index (χ2v) is 5.06. The SMILES string of the molecule is Cn1c(CCl)cnc1SCCCn1ccnc1. The molecule has 0 N–H and O–H groups in total. The van der Waals surface area contributed by atoms with Gasteiger partial charge in [-0.25, -0.2) is 9.97 Å². The van der Waals surface area contributed by atoms with Crippen LogP contribution in [0.25, 0.3) is 0 Å². The van der Waals surface area contributed by atoms with E-state index < -0.39 is 0 Å². The predicted molar refractivity (Wildman–Crippen MR) is 70.3 cm³/mol. The molecule has 0 saturated heterocycles. The van der Waals surface area contributed by atoms with Crippen molar-refractivity contribution in [1.29, 1.82) is 0 Å². The molecule has 0 aromatic carbocycles. The fraction of sp³-hybridized carbons (Fsp3) is 0.455. The topological polar surface area (TPSA) is 35.6 Å². The van der Waals surface area contributed by atoms with Gasteiger partial charge in [0.15, 0.2) is 5.16 Å². The Balaban J connectivity index is 1.76. The lowest BCUT2D eigenvalue weighted by atomic mass is 10.5. The number of alkyl halides is 1. The van der Waals surface area contributed by atoms with Gasteiger partial charge in [0.2, 0.25) is 0 Å². The third-order valence-electron chi connectivity index (χ3n) is 2.53. The standard InChI is InChI=1S/C11H15ClN4S/c1-15-10(7-12)8-14-11(15)17-6-2-4-16-5-3-13-9-16/h3,5,8-9H,2,4,6-7H2,1H3. The van der Waals surface area contributed by atoms with Crippen LogP contribution in [-0.4, -0.2) is 24.9 Å². The molecule has 0 aliphatic heterocycles. The Kier molecular flexibility index (Phi) is 4.50. The van der Waals surface area contributed by atoms with Crippen LogP contribution in [0.4, 0.5) is 0 Å². The molecular formula is C11H15ClN4S. The van der Waals surface area contributed by atoms with Crippen molar-refractivity contribution in [2.45, 2.75) is 24.0 Å². The zero-order valence-corrected chi connectivity index (χ0v) is 11.3. The normalized spacial score (nSPS) is 10.9. The lowest BCUT2D eigenvalue weighted by Crippen LogP contribution is -1.98. The molecule has 0 fully saturated rings. The van der Waals surface area contributed by atoms with Crippen molar-refractivity contribution < 1.29 is 0 Å². The second kappa shape index (κ2) is 6.12. The van der Waals surface area contributed by atoms with Gasteiger partial charge in [-0.3, -0.25) is 0 Å². The van der Waals surface area contributed by atoms with E-state index in [0.717, 1.165) is 29.6 Å². The highest BCUT2D eigenvalue weighted by molar-refractivity contribution is 7.99. The minimum Gasteiger partial charge on any atom is -0.337 e. The van der Waals surface area contributed by atoms with Gasteiger partial charge in [-0.1, -0.05) is 11.8 Å². The summed E-state index contributed by atoms with van der Waals surface area (Å²) in [6.07, 6.45) is 8.57. The van der Waals surface area contributed by atoms with Crippen molar-refractivity contribution >= 4 is 23.4 Å². The van der Waals surface area contributed by atoms with Crippen LogP contribution in [0.3, 0.4) is 0 Å². The molecule has 2 heterocycles. The summed E-state index contributed by atoms with van der Waals surface area (Å²) in [5.74, 6) is 1.56. The Morgan fingerprint density at radius 1 is 1.47 bits per heavy atom. The first-order valence-electron chi connectivity index (χ1n) is 5.46. The van der Waals surface area contributed by atoms with E-state index in [1.165, 1.54) is 0 Å². The number of rotatable bonds is 6. The maximum absolute atomic E-state index is 5.79. The molecule has 0 atom stereocenters. The molecule has 0 unspecified atom stereocenters. The predicted octanol–water partition coefficient (Wildman–Crippen LogP) is 2.54. The third kappa shape index (κ3) is 3.26. The molecule has 2 aromatic rings. The van der Waals surface area contributed by atoms with Crippen molar-refractivity contribution in [2.24, 2.45) is 7.05 Å². The highest BCUT2D eigenvalue weighted by Crippen LogP contribution is 2.19. The van der Waals surface area contributed by atoms with Crippen LogP contribution in [0.5, 0.6) is 0 Å². The first kappa shape index (κ1) is 12.5. The number of hydrogen-bond acceptors (Lipinski definition) is 3. The van der Waals surface area contributed by atoms with Crippen LogP contribution in [0.2, 0.25) is 0 Å². The van der Waals surface area contributed by atoms with Gasteiger partial charge in [0.25, 0.3) is 0 Å². The zero-order valence-electron chi connectivity index (χ0n) is 9.71. The van der Waals surface area contributed by atoms with Gasteiger partial charge < -0.3 is 9.13 Å². The number of aryl methyl sites for hydroxylation is 1. The summed E-state index contributed by atoms with van der Waals surface area (Å²) < 4.78 is 4.14. The van der Waals surface area contributed by atoms with E-state index in [1.807, 2.05) is 25.8 Å². The van der Waals surface area contributed by atoms with E-state index in [2.05, 4.69) is 19.1 Å². The van der Waals surface area contributed by atoms with Gasteiger partial charge in [-0.2, -0.15) is 0 Å². The van der Waals surface area contributed by atoms with Crippen molar-refractivity contribution in [1.82, 2.24) is 19.1 Å². The number of hydrogen-bond donors (Lipinski definition) is 0. The van der Waals surface area contributed by atoms with Gasteiger partial charge in [0.1, 0.15) is 0 Å². The number of halogens is 1. The van der Waals surface area contributed by atoms with Crippen molar-refractivity contribution in [3.8, 4) is 0 Å². The summed E-state index contributed by atoms with van der Waals surface area (Å²) >= 11 is 7.56. The molecule has 0 bridgehead atoms. The molecule has 0 amide bonds. The van der Waals surface area contributed by atoms with Crippen LogP contribution in [0.1, 0.15) is 12.1 Å². The second-order valence-electron chi connectivity index (χ2n) is 3.73. The average molecular weight is 271 g/mol. The molecule has 92 valence electrons.